The first-order valence-corrected chi connectivity index (χ1v) is 9.85. The van der Waals surface area contributed by atoms with E-state index < -0.39 is 0 Å². The Morgan fingerprint density at radius 3 is 2.72 bits per heavy atom. The van der Waals surface area contributed by atoms with E-state index in [1.807, 2.05) is 50.3 Å². The molecule has 0 radical (unpaired) electrons. The van der Waals surface area contributed by atoms with Crippen molar-refractivity contribution >= 4 is 17.0 Å². The summed E-state index contributed by atoms with van der Waals surface area (Å²) >= 11 is 0. The molecular weight excluding hydrogens is 364 g/mol. The lowest BCUT2D eigenvalue weighted by Gasteiger charge is -2.20. The van der Waals surface area contributed by atoms with Crippen molar-refractivity contribution in [3.8, 4) is 5.75 Å². The summed E-state index contributed by atoms with van der Waals surface area (Å²) in [6, 6.07) is 13.1. The Balaban J connectivity index is 1.46. The van der Waals surface area contributed by atoms with E-state index in [2.05, 4.69) is 17.2 Å². The summed E-state index contributed by atoms with van der Waals surface area (Å²) in [5, 5.41) is 2.97. The van der Waals surface area contributed by atoms with Crippen molar-refractivity contribution in [1.29, 1.82) is 0 Å². The number of oxazole rings is 1. The lowest BCUT2D eigenvalue weighted by Crippen LogP contribution is -2.24. The Kier molecular flexibility index (Phi) is 5.21. The molecule has 0 saturated carbocycles. The second-order valence-corrected chi connectivity index (χ2v) is 7.30. The molecule has 1 heterocycles. The predicted molar refractivity (Wildman–Crippen MR) is 113 cm³/mol. The van der Waals surface area contributed by atoms with E-state index in [0.29, 0.717) is 18.1 Å². The average molecular weight is 388 g/mol. The molecule has 2 unspecified atom stereocenters. The molecule has 1 aliphatic carbocycles. The van der Waals surface area contributed by atoms with Crippen LogP contribution in [0.3, 0.4) is 0 Å². The van der Waals surface area contributed by atoms with Gasteiger partial charge in [0.15, 0.2) is 5.58 Å². The second-order valence-electron chi connectivity index (χ2n) is 7.30. The highest BCUT2D eigenvalue weighted by Gasteiger charge is 2.24. The number of carbonyl (C=O) groups is 1. The van der Waals surface area contributed by atoms with Gasteiger partial charge >= 0.3 is 0 Å². The Morgan fingerprint density at radius 1 is 1.21 bits per heavy atom. The number of benzene rings is 2. The molecule has 1 aromatic heterocycles. The molecule has 5 nitrogen and oxygen atoms in total. The van der Waals surface area contributed by atoms with Crippen molar-refractivity contribution in [1.82, 2.24) is 10.3 Å². The van der Waals surface area contributed by atoms with Crippen molar-refractivity contribution < 1.29 is 13.9 Å². The number of ether oxygens (including phenoxy) is 1. The number of hydrogen-bond acceptors (Lipinski definition) is 4. The van der Waals surface area contributed by atoms with Gasteiger partial charge in [-0.1, -0.05) is 25.1 Å². The lowest BCUT2D eigenvalue weighted by atomic mass is 9.88. The van der Waals surface area contributed by atoms with Gasteiger partial charge in [-0.3, -0.25) is 4.79 Å². The zero-order chi connectivity index (χ0) is 20.4. The van der Waals surface area contributed by atoms with Crippen LogP contribution in [0.15, 0.2) is 70.8 Å². The third kappa shape index (κ3) is 4.09. The van der Waals surface area contributed by atoms with E-state index in [1.54, 1.807) is 24.3 Å². The van der Waals surface area contributed by atoms with Crippen molar-refractivity contribution in [3.05, 3.63) is 83.4 Å². The van der Waals surface area contributed by atoms with Gasteiger partial charge in [0.2, 0.25) is 5.89 Å². The van der Waals surface area contributed by atoms with Gasteiger partial charge in [0.1, 0.15) is 11.3 Å². The van der Waals surface area contributed by atoms with Gasteiger partial charge < -0.3 is 14.5 Å². The number of aryl methyl sites for hydroxylation is 1. The van der Waals surface area contributed by atoms with E-state index >= 15 is 0 Å². The van der Waals surface area contributed by atoms with Crippen LogP contribution in [0, 0.1) is 12.8 Å². The van der Waals surface area contributed by atoms with Crippen LogP contribution in [0.4, 0.5) is 0 Å². The SMILES string of the molecule is CCOc1ccc(C(=O)NC2=CC(C)C(c3nc4cc(C)ccc4o3)C=C2)cc1. The molecule has 2 aromatic carbocycles. The first-order chi connectivity index (χ1) is 14.0. The van der Waals surface area contributed by atoms with Crippen LogP contribution in [0.5, 0.6) is 5.75 Å². The van der Waals surface area contributed by atoms with Crippen LogP contribution in [0.25, 0.3) is 11.1 Å². The molecule has 0 spiro atoms. The first-order valence-electron chi connectivity index (χ1n) is 9.85. The van der Waals surface area contributed by atoms with E-state index in [9.17, 15) is 4.79 Å². The molecule has 2 atom stereocenters. The third-order valence-electron chi connectivity index (χ3n) is 5.02. The van der Waals surface area contributed by atoms with Crippen LogP contribution in [0.1, 0.15) is 41.6 Å². The molecule has 3 aromatic rings. The van der Waals surface area contributed by atoms with Crippen molar-refractivity contribution in [2.45, 2.75) is 26.7 Å². The molecule has 4 rings (SSSR count). The number of fused-ring (bicyclic) bond motifs is 1. The molecule has 0 saturated heterocycles. The van der Waals surface area contributed by atoms with Crippen LogP contribution in [-0.4, -0.2) is 17.5 Å². The van der Waals surface area contributed by atoms with Crippen LogP contribution in [0.2, 0.25) is 0 Å². The predicted octanol–water partition coefficient (Wildman–Crippen LogP) is 5.14. The number of allylic oxidation sites excluding steroid dienone is 3. The van der Waals surface area contributed by atoms with Crippen molar-refractivity contribution in [2.24, 2.45) is 5.92 Å². The van der Waals surface area contributed by atoms with Gasteiger partial charge in [-0.25, -0.2) is 4.98 Å². The van der Waals surface area contributed by atoms with E-state index in [0.717, 1.165) is 28.1 Å². The quantitative estimate of drug-likeness (QED) is 0.657. The Labute approximate surface area is 170 Å². The minimum Gasteiger partial charge on any atom is -0.494 e. The fraction of sp³-hybridized carbons (Fsp3) is 0.250. The van der Waals surface area contributed by atoms with Gasteiger partial charge in [-0.05, 0) is 67.8 Å². The zero-order valence-electron chi connectivity index (χ0n) is 16.8. The molecule has 29 heavy (non-hydrogen) atoms. The summed E-state index contributed by atoms with van der Waals surface area (Å²) in [5.74, 6) is 1.49. The highest BCUT2D eigenvalue weighted by molar-refractivity contribution is 5.95. The average Bonchev–Trinajstić information content (AvgIpc) is 3.11. The molecule has 5 heteroatoms. The van der Waals surface area contributed by atoms with Crippen LogP contribution < -0.4 is 10.1 Å². The van der Waals surface area contributed by atoms with E-state index in [-0.39, 0.29) is 17.7 Å². The fourth-order valence-electron chi connectivity index (χ4n) is 3.49. The minimum absolute atomic E-state index is 0.0360. The van der Waals surface area contributed by atoms with Crippen molar-refractivity contribution in [3.63, 3.8) is 0 Å². The lowest BCUT2D eigenvalue weighted by molar-refractivity contribution is 0.0966. The highest BCUT2D eigenvalue weighted by atomic mass is 16.5. The smallest absolute Gasteiger partial charge is 0.255 e. The highest BCUT2D eigenvalue weighted by Crippen LogP contribution is 2.33. The van der Waals surface area contributed by atoms with Crippen molar-refractivity contribution in [2.75, 3.05) is 6.61 Å². The first kappa shape index (κ1) is 19.0. The number of nitrogens with zero attached hydrogens (tertiary/aromatic N) is 1. The molecule has 148 valence electrons. The van der Waals surface area contributed by atoms with Gasteiger partial charge in [0.05, 0.1) is 12.5 Å². The van der Waals surface area contributed by atoms with Crippen LogP contribution >= 0.6 is 0 Å². The number of amides is 1. The Bertz CT molecular complexity index is 1090. The fourth-order valence-corrected chi connectivity index (χ4v) is 3.49. The standard InChI is InChI=1S/C24H24N2O3/c1-4-28-19-9-6-17(7-10-19)23(27)25-18-8-11-20(16(3)14-18)24-26-21-13-15(2)5-12-22(21)29-24/h5-14,16,20H,4H2,1-3H3,(H,25,27). The van der Waals surface area contributed by atoms with E-state index in [4.69, 9.17) is 9.15 Å². The number of aromatic nitrogens is 1. The normalized spacial score (nSPS) is 18.5. The Morgan fingerprint density at radius 2 is 2.00 bits per heavy atom. The minimum atomic E-state index is -0.146. The summed E-state index contributed by atoms with van der Waals surface area (Å²) in [4.78, 5) is 17.2. The van der Waals surface area contributed by atoms with Gasteiger partial charge in [0.25, 0.3) is 5.91 Å². The molecular formula is C24H24N2O3. The van der Waals surface area contributed by atoms with Gasteiger partial charge in [0, 0.05) is 11.3 Å². The summed E-state index contributed by atoms with van der Waals surface area (Å²) < 4.78 is 11.4. The molecule has 1 N–H and O–H groups in total. The third-order valence-corrected chi connectivity index (χ3v) is 5.02. The summed E-state index contributed by atoms with van der Waals surface area (Å²) in [5.41, 5.74) is 4.19. The molecule has 1 aliphatic rings. The maximum Gasteiger partial charge on any atom is 0.255 e. The van der Waals surface area contributed by atoms with Crippen LogP contribution in [-0.2, 0) is 0 Å². The van der Waals surface area contributed by atoms with Gasteiger partial charge in [-0.15, -0.1) is 0 Å². The maximum atomic E-state index is 12.5. The number of rotatable bonds is 5. The molecule has 0 fully saturated rings. The molecule has 0 bridgehead atoms. The Hall–Kier alpha value is -3.34. The number of hydrogen-bond donors (Lipinski definition) is 1. The summed E-state index contributed by atoms with van der Waals surface area (Å²) in [7, 11) is 0. The number of carbonyl (C=O) groups excluding carboxylic acids is 1. The summed E-state index contributed by atoms with van der Waals surface area (Å²) in [6.07, 6.45) is 5.99. The van der Waals surface area contributed by atoms with Gasteiger partial charge in [-0.2, -0.15) is 0 Å². The molecule has 1 amide bonds. The zero-order valence-corrected chi connectivity index (χ0v) is 16.8. The number of nitrogens with one attached hydrogen (secondary N) is 1. The largest absolute Gasteiger partial charge is 0.494 e. The topological polar surface area (TPSA) is 64.4 Å². The van der Waals surface area contributed by atoms with E-state index in [1.165, 1.54) is 0 Å². The summed E-state index contributed by atoms with van der Waals surface area (Å²) in [6.45, 7) is 6.66. The monoisotopic (exact) mass is 388 g/mol. The second kappa shape index (κ2) is 7.95. The molecule has 0 aliphatic heterocycles. The maximum absolute atomic E-state index is 12.5.